The molecule has 0 bridgehead atoms. The Labute approximate surface area is 122 Å². The van der Waals surface area contributed by atoms with E-state index in [1.807, 2.05) is 6.92 Å². The number of nitro groups is 1. The van der Waals surface area contributed by atoms with Crippen molar-refractivity contribution in [3.8, 4) is 0 Å². The number of aryl methyl sites for hydroxylation is 1. The molecule has 21 heavy (non-hydrogen) atoms. The first-order chi connectivity index (χ1) is 10.0. The largest absolute Gasteiger partial charge is 0.396 e. The molecule has 1 aromatic carbocycles. The van der Waals surface area contributed by atoms with E-state index in [-0.39, 0.29) is 24.1 Å². The van der Waals surface area contributed by atoms with Crippen molar-refractivity contribution >= 4 is 23.0 Å². The SMILES string of the molecule is CC(CCO)CNc1cc2c(cc1[N+](=O)[O-])CCC(=O)N2. The van der Waals surface area contributed by atoms with E-state index < -0.39 is 4.92 Å². The number of nitro benzene ring substituents is 1. The van der Waals surface area contributed by atoms with Crippen LogP contribution >= 0.6 is 0 Å². The smallest absolute Gasteiger partial charge is 0.292 e. The van der Waals surface area contributed by atoms with Gasteiger partial charge in [0.05, 0.1) is 4.92 Å². The van der Waals surface area contributed by atoms with E-state index in [9.17, 15) is 14.9 Å². The van der Waals surface area contributed by atoms with Gasteiger partial charge in [-0.3, -0.25) is 14.9 Å². The van der Waals surface area contributed by atoms with Crippen molar-refractivity contribution in [1.29, 1.82) is 0 Å². The maximum atomic E-state index is 11.4. The van der Waals surface area contributed by atoms with Crippen LogP contribution in [0.3, 0.4) is 0 Å². The second kappa shape index (κ2) is 6.53. The van der Waals surface area contributed by atoms with E-state index in [1.165, 1.54) is 6.07 Å². The fraction of sp³-hybridized carbons (Fsp3) is 0.500. The molecule has 1 aromatic rings. The van der Waals surface area contributed by atoms with Gasteiger partial charge in [0, 0.05) is 31.3 Å². The minimum Gasteiger partial charge on any atom is -0.396 e. The molecule has 1 aliphatic rings. The number of aliphatic hydroxyl groups is 1. The van der Waals surface area contributed by atoms with Gasteiger partial charge in [-0.2, -0.15) is 0 Å². The van der Waals surface area contributed by atoms with E-state index >= 15 is 0 Å². The van der Waals surface area contributed by atoms with Gasteiger partial charge in [-0.25, -0.2) is 0 Å². The van der Waals surface area contributed by atoms with Crippen molar-refractivity contribution in [2.75, 3.05) is 23.8 Å². The number of anilines is 2. The molecule has 1 amide bonds. The van der Waals surface area contributed by atoms with Gasteiger partial charge in [0.2, 0.25) is 5.91 Å². The van der Waals surface area contributed by atoms with Crippen LogP contribution in [0.4, 0.5) is 17.1 Å². The highest BCUT2D eigenvalue weighted by molar-refractivity contribution is 5.95. The van der Waals surface area contributed by atoms with Crippen LogP contribution in [-0.2, 0) is 11.2 Å². The van der Waals surface area contributed by atoms with Crippen molar-refractivity contribution < 1.29 is 14.8 Å². The van der Waals surface area contributed by atoms with Crippen LogP contribution in [0.1, 0.15) is 25.3 Å². The second-order valence-corrected chi connectivity index (χ2v) is 5.33. The number of aliphatic hydroxyl groups excluding tert-OH is 1. The Morgan fingerprint density at radius 1 is 1.48 bits per heavy atom. The highest BCUT2D eigenvalue weighted by Crippen LogP contribution is 2.34. The zero-order chi connectivity index (χ0) is 15.4. The fourth-order valence-corrected chi connectivity index (χ4v) is 2.31. The fourth-order valence-electron chi connectivity index (χ4n) is 2.31. The van der Waals surface area contributed by atoms with E-state index in [0.717, 1.165) is 5.56 Å². The number of rotatable bonds is 6. The Hall–Kier alpha value is -2.15. The molecule has 1 aliphatic heterocycles. The van der Waals surface area contributed by atoms with Crippen molar-refractivity contribution in [3.05, 3.63) is 27.8 Å². The molecular weight excluding hydrogens is 274 g/mol. The summed E-state index contributed by atoms with van der Waals surface area (Å²) in [7, 11) is 0. The first-order valence-corrected chi connectivity index (χ1v) is 6.97. The normalized spacial score (nSPS) is 15.0. The molecule has 3 N–H and O–H groups in total. The third-order valence-corrected chi connectivity index (χ3v) is 3.58. The van der Waals surface area contributed by atoms with Crippen LogP contribution in [0.25, 0.3) is 0 Å². The minimum absolute atomic E-state index is 0.0149. The van der Waals surface area contributed by atoms with Crippen molar-refractivity contribution in [2.45, 2.75) is 26.2 Å². The Morgan fingerprint density at radius 2 is 2.24 bits per heavy atom. The lowest BCUT2D eigenvalue weighted by molar-refractivity contribution is -0.384. The number of amides is 1. The maximum Gasteiger partial charge on any atom is 0.292 e. The summed E-state index contributed by atoms with van der Waals surface area (Å²) >= 11 is 0. The quantitative estimate of drug-likeness (QED) is 0.549. The lowest BCUT2D eigenvalue weighted by Crippen LogP contribution is -2.20. The molecule has 0 aromatic heterocycles. The molecule has 0 aliphatic carbocycles. The molecule has 0 fully saturated rings. The zero-order valence-corrected chi connectivity index (χ0v) is 11.9. The van der Waals surface area contributed by atoms with Gasteiger partial charge in [-0.15, -0.1) is 0 Å². The summed E-state index contributed by atoms with van der Waals surface area (Å²) in [5.41, 5.74) is 1.83. The minimum atomic E-state index is -0.421. The lowest BCUT2D eigenvalue weighted by Gasteiger charge is -2.19. The molecule has 1 heterocycles. The first-order valence-electron chi connectivity index (χ1n) is 6.97. The average molecular weight is 293 g/mol. The number of carbonyl (C=O) groups is 1. The van der Waals surface area contributed by atoms with Crippen LogP contribution in [0.5, 0.6) is 0 Å². The summed E-state index contributed by atoms with van der Waals surface area (Å²) in [6.07, 6.45) is 1.50. The van der Waals surface area contributed by atoms with Gasteiger partial charge in [0.1, 0.15) is 5.69 Å². The number of hydrogen-bond donors (Lipinski definition) is 3. The number of nitrogens with zero attached hydrogens (tertiary/aromatic N) is 1. The molecule has 0 saturated heterocycles. The summed E-state index contributed by atoms with van der Waals surface area (Å²) in [5.74, 6) is 0.121. The van der Waals surface area contributed by atoms with Gasteiger partial charge in [-0.1, -0.05) is 6.92 Å². The van der Waals surface area contributed by atoms with Crippen LogP contribution in [0.15, 0.2) is 12.1 Å². The van der Waals surface area contributed by atoms with E-state index in [0.29, 0.717) is 37.2 Å². The van der Waals surface area contributed by atoms with E-state index in [1.54, 1.807) is 6.07 Å². The standard InChI is InChI=1S/C14H19N3O4/c1-9(4-5-18)8-15-12-7-11-10(2-3-14(19)16-11)6-13(12)17(20)21/h6-7,9,15,18H,2-5,8H2,1H3,(H,16,19). The molecule has 7 heteroatoms. The third kappa shape index (κ3) is 3.69. The number of nitrogens with one attached hydrogen (secondary N) is 2. The summed E-state index contributed by atoms with van der Waals surface area (Å²) in [6, 6.07) is 3.14. The van der Waals surface area contributed by atoms with Crippen LogP contribution in [0, 0.1) is 16.0 Å². The summed E-state index contributed by atoms with van der Waals surface area (Å²) < 4.78 is 0. The highest BCUT2D eigenvalue weighted by atomic mass is 16.6. The molecule has 1 atom stereocenters. The van der Waals surface area contributed by atoms with Crippen molar-refractivity contribution in [3.63, 3.8) is 0 Å². The predicted molar refractivity (Wildman–Crippen MR) is 79.4 cm³/mol. The Kier molecular flexibility index (Phi) is 4.74. The molecule has 1 unspecified atom stereocenters. The monoisotopic (exact) mass is 293 g/mol. The average Bonchev–Trinajstić information content (AvgIpc) is 2.44. The van der Waals surface area contributed by atoms with E-state index in [4.69, 9.17) is 5.11 Å². The summed E-state index contributed by atoms with van der Waals surface area (Å²) in [6.45, 7) is 2.56. The molecule has 0 spiro atoms. The number of fused-ring (bicyclic) bond motifs is 1. The van der Waals surface area contributed by atoms with Crippen molar-refractivity contribution in [1.82, 2.24) is 0 Å². The Balaban J connectivity index is 2.23. The molecule has 0 radical (unpaired) electrons. The second-order valence-electron chi connectivity index (χ2n) is 5.33. The molecule has 2 rings (SSSR count). The Bertz CT molecular complexity index is 559. The molecular formula is C14H19N3O4. The molecule has 0 saturated carbocycles. The maximum absolute atomic E-state index is 11.4. The van der Waals surface area contributed by atoms with Gasteiger partial charge < -0.3 is 15.7 Å². The molecule has 114 valence electrons. The van der Waals surface area contributed by atoms with Gasteiger partial charge >= 0.3 is 0 Å². The topological polar surface area (TPSA) is 104 Å². The molecule has 7 nitrogen and oxygen atoms in total. The summed E-state index contributed by atoms with van der Waals surface area (Å²) in [5, 5.41) is 25.8. The van der Waals surface area contributed by atoms with Gasteiger partial charge in [0.15, 0.2) is 0 Å². The zero-order valence-electron chi connectivity index (χ0n) is 11.9. The summed E-state index contributed by atoms with van der Waals surface area (Å²) in [4.78, 5) is 22.2. The van der Waals surface area contributed by atoms with Crippen molar-refractivity contribution in [2.24, 2.45) is 5.92 Å². The number of benzene rings is 1. The van der Waals surface area contributed by atoms with Crippen LogP contribution in [0.2, 0.25) is 0 Å². The Morgan fingerprint density at radius 3 is 2.90 bits per heavy atom. The van der Waals surface area contributed by atoms with Crippen LogP contribution < -0.4 is 10.6 Å². The van der Waals surface area contributed by atoms with E-state index in [2.05, 4.69) is 10.6 Å². The number of carbonyl (C=O) groups excluding carboxylic acids is 1. The first kappa shape index (κ1) is 15.2. The highest BCUT2D eigenvalue weighted by Gasteiger charge is 2.22. The predicted octanol–water partition coefficient (Wildman–Crippen LogP) is 1.91. The number of hydrogen-bond acceptors (Lipinski definition) is 5. The third-order valence-electron chi connectivity index (χ3n) is 3.58. The lowest BCUT2D eigenvalue weighted by atomic mass is 10.0. The van der Waals surface area contributed by atoms with Gasteiger partial charge in [-0.05, 0) is 30.4 Å². The van der Waals surface area contributed by atoms with Crippen LogP contribution in [-0.4, -0.2) is 29.1 Å². The van der Waals surface area contributed by atoms with Gasteiger partial charge in [0.25, 0.3) is 5.69 Å².